The number of fused-ring (bicyclic) bond motifs is 1. The van der Waals surface area contributed by atoms with Gasteiger partial charge in [-0.2, -0.15) is 0 Å². The number of aryl methyl sites for hydroxylation is 1. The molecule has 0 saturated heterocycles. The lowest BCUT2D eigenvalue weighted by atomic mass is 9.98. The van der Waals surface area contributed by atoms with Crippen LogP contribution in [0.5, 0.6) is 0 Å². The molecular weight excluding hydrogens is 172 g/mol. The van der Waals surface area contributed by atoms with E-state index < -0.39 is 11.5 Å². The van der Waals surface area contributed by atoms with Crippen LogP contribution in [0, 0.1) is 5.82 Å². The second kappa shape index (κ2) is 2.77. The van der Waals surface area contributed by atoms with Gasteiger partial charge in [0.05, 0.1) is 0 Å². The fraction of sp³-hybridized carbons (Fsp3) is 0.400. The first-order chi connectivity index (χ1) is 6.17. The first kappa shape index (κ1) is 8.63. The lowest BCUT2D eigenvalue weighted by Gasteiger charge is -2.18. The third-order valence-electron chi connectivity index (χ3n) is 2.66. The smallest absolute Gasteiger partial charge is 0.151 e. The zero-order valence-electron chi connectivity index (χ0n) is 7.19. The molecule has 0 spiro atoms. The Hall–Kier alpha value is -0.960. The van der Waals surface area contributed by atoms with Crippen molar-refractivity contribution in [2.24, 2.45) is 5.73 Å². The molecule has 13 heavy (non-hydrogen) atoms. The topological polar surface area (TPSA) is 26.0 Å². The third-order valence-corrected chi connectivity index (χ3v) is 2.66. The minimum atomic E-state index is -1.64. The van der Waals surface area contributed by atoms with E-state index in [4.69, 9.17) is 5.73 Å². The Morgan fingerprint density at radius 2 is 2.23 bits per heavy atom. The van der Waals surface area contributed by atoms with Gasteiger partial charge in [-0.25, -0.2) is 8.78 Å². The van der Waals surface area contributed by atoms with Crippen LogP contribution >= 0.6 is 0 Å². The number of hydrogen-bond donors (Lipinski definition) is 1. The van der Waals surface area contributed by atoms with E-state index in [1.54, 1.807) is 12.1 Å². The molecule has 1 unspecified atom stereocenters. The minimum absolute atomic E-state index is 0.138. The average molecular weight is 183 g/mol. The summed E-state index contributed by atoms with van der Waals surface area (Å²) >= 11 is 0. The largest absolute Gasteiger partial charge is 0.327 e. The van der Waals surface area contributed by atoms with Crippen LogP contribution < -0.4 is 5.73 Å². The first-order valence-electron chi connectivity index (χ1n) is 4.34. The number of hydrogen-bond acceptors (Lipinski definition) is 1. The number of nitrogens with two attached hydrogens (primary N) is 1. The summed E-state index contributed by atoms with van der Waals surface area (Å²) in [5.74, 6) is -0.469. The highest BCUT2D eigenvalue weighted by atomic mass is 19.1. The van der Waals surface area contributed by atoms with Crippen molar-refractivity contribution in [3.63, 3.8) is 0 Å². The monoisotopic (exact) mass is 183 g/mol. The number of benzene rings is 1. The van der Waals surface area contributed by atoms with E-state index >= 15 is 0 Å². The van der Waals surface area contributed by atoms with E-state index in [1.165, 1.54) is 6.07 Å². The predicted molar refractivity (Wildman–Crippen MR) is 46.6 cm³/mol. The summed E-state index contributed by atoms with van der Waals surface area (Å²) in [5, 5.41) is 0. The Morgan fingerprint density at radius 1 is 1.46 bits per heavy atom. The molecule has 0 amide bonds. The molecule has 2 N–H and O–H groups in total. The minimum Gasteiger partial charge on any atom is -0.327 e. The van der Waals surface area contributed by atoms with Crippen molar-refractivity contribution in [2.75, 3.05) is 6.54 Å². The van der Waals surface area contributed by atoms with Gasteiger partial charge in [0, 0.05) is 12.1 Å². The van der Waals surface area contributed by atoms with Gasteiger partial charge >= 0.3 is 0 Å². The number of halogens is 2. The highest BCUT2D eigenvalue weighted by Gasteiger charge is 2.39. The Bertz CT molecular complexity index is 338. The highest BCUT2D eigenvalue weighted by Crippen LogP contribution is 2.40. The van der Waals surface area contributed by atoms with E-state index in [0.29, 0.717) is 12.8 Å². The van der Waals surface area contributed by atoms with Crippen LogP contribution in [0.2, 0.25) is 0 Å². The number of alkyl halides is 1. The summed E-state index contributed by atoms with van der Waals surface area (Å²) in [6, 6.07) is 4.65. The van der Waals surface area contributed by atoms with Gasteiger partial charge in [0.1, 0.15) is 5.82 Å². The standard InChI is InChI=1S/C10H11F2N/c11-8-3-1-2-7-4-5-10(12,6-13)9(7)8/h1-3H,4-6,13H2. The molecule has 1 atom stereocenters. The van der Waals surface area contributed by atoms with Crippen LogP contribution in [-0.2, 0) is 12.1 Å². The lowest BCUT2D eigenvalue weighted by molar-refractivity contribution is 0.172. The molecule has 1 nitrogen and oxygen atoms in total. The summed E-state index contributed by atoms with van der Waals surface area (Å²) in [5.41, 5.74) is 4.61. The molecular formula is C10H11F2N. The van der Waals surface area contributed by atoms with Crippen molar-refractivity contribution in [2.45, 2.75) is 18.5 Å². The molecule has 2 rings (SSSR count). The molecule has 0 aromatic heterocycles. The van der Waals surface area contributed by atoms with Crippen LogP contribution in [0.25, 0.3) is 0 Å². The first-order valence-corrected chi connectivity index (χ1v) is 4.34. The fourth-order valence-electron chi connectivity index (χ4n) is 1.94. The van der Waals surface area contributed by atoms with Crippen molar-refractivity contribution >= 4 is 0 Å². The van der Waals surface area contributed by atoms with Gasteiger partial charge in [0.25, 0.3) is 0 Å². The maximum Gasteiger partial charge on any atom is 0.151 e. The second-order valence-corrected chi connectivity index (χ2v) is 3.44. The van der Waals surface area contributed by atoms with Crippen molar-refractivity contribution in [1.82, 2.24) is 0 Å². The van der Waals surface area contributed by atoms with Crippen LogP contribution in [0.4, 0.5) is 8.78 Å². The summed E-state index contributed by atoms with van der Waals surface area (Å²) < 4.78 is 27.2. The van der Waals surface area contributed by atoms with E-state index in [1.807, 2.05) is 0 Å². The summed E-state index contributed by atoms with van der Waals surface area (Å²) in [6.45, 7) is -0.138. The summed E-state index contributed by atoms with van der Waals surface area (Å²) in [6.07, 6.45) is 0.889. The Balaban J connectivity index is 2.58. The van der Waals surface area contributed by atoms with Crippen molar-refractivity contribution in [3.05, 3.63) is 35.1 Å². The molecule has 70 valence electrons. The summed E-state index contributed by atoms with van der Waals surface area (Å²) in [4.78, 5) is 0. The maximum absolute atomic E-state index is 13.9. The zero-order chi connectivity index (χ0) is 9.47. The van der Waals surface area contributed by atoms with Crippen LogP contribution in [-0.4, -0.2) is 6.54 Å². The van der Waals surface area contributed by atoms with E-state index in [2.05, 4.69) is 0 Å². The van der Waals surface area contributed by atoms with Gasteiger partial charge in [0.15, 0.2) is 5.67 Å². The SMILES string of the molecule is NCC1(F)CCc2cccc(F)c21. The molecule has 0 fully saturated rings. The van der Waals surface area contributed by atoms with Gasteiger partial charge in [-0.05, 0) is 24.5 Å². The van der Waals surface area contributed by atoms with Crippen molar-refractivity contribution < 1.29 is 8.78 Å². The molecule has 0 heterocycles. The molecule has 3 heteroatoms. The highest BCUT2D eigenvalue weighted by molar-refractivity contribution is 5.38. The average Bonchev–Trinajstić information content (AvgIpc) is 2.47. The van der Waals surface area contributed by atoms with Crippen molar-refractivity contribution in [3.8, 4) is 0 Å². The molecule has 0 radical (unpaired) electrons. The molecule has 1 aliphatic rings. The van der Waals surface area contributed by atoms with Crippen LogP contribution in [0.3, 0.4) is 0 Å². The van der Waals surface area contributed by atoms with Gasteiger partial charge in [0.2, 0.25) is 0 Å². The molecule has 1 aliphatic carbocycles. The van der Waals surface area contributed by atoms with E-state index in [0.717, 1.165) is 5.56 Å². The maximum atomic E-state index is 13.9. The lowest BCUT2D eigenvalue weighted by Crippen LogP contribution is -2.28. The van der Waals surface area contributed by atoms with Crippen LogP contribution in [0.15, 0.2) is 18.2 Å². The van der Waals surface area contributed by atoms with E-state index in [9.17, 15) is 8.78 Å². The van der Waals surface area contributed by atoms with E-state index in [-0.39, 0.29) is 12.1 Å². The quantitative estimate of drug-likeness (QED) is 0.707. The Kier molecular flexibility index (Phi) is 1.84. The van der Waals surface area contributed by atoms with Gasteiger partial charge in [-0.15, -0.1) is 0 Å². The Morgan fingerprint density at radius 3 is 2.92 bits per heavy atom. The van der Waals surface area contributed by atoms with Crippen molar-refractivity contribution in [1.29, 1.82) is 0 Å². The molecule has 0 saturated carbocycles. The normalized spacial score (nSPS) is 26.1. The molecule has 0 bridgehead atoms. The summed E-state index contributed by atoms with van der Waals surface area (Å²) in [7, 11) is 0. The Labute approximate surface area is 75.6 Å². The fourth-order valence-corrected chi connectivity index (χ4v) is 1.94. The van der Waals surface area contributed by atoms with Gasteiger partial charge in [-0.3, -0.25) is 0 Å². The van der Waals surface area contributed by atoms with Crippen LogP contribution in [0.1, 0.15) is 17.5 Å². The molecule has 0 aliphatic heterocycles. The van der Waals surface area contributed by atoms with Gasteiger partial charge in [-0.1, -0.05) is 12.1 Å². The van der Waals surface area contributed by atoms with Gasteiger partial charge < -0.3 is 5.73 Å². The zero-order valence-corrected chi connectivity index (χ0v) is 7.19. The molecule has 1 aromatic rings. The second-order valence-electron chi connectivity index (χ2n) is 3.44. The number of rotatable bonds is 1. The predicted octanol–water partition coefficient (Wildman–Crippen LogP) is 1.90. The third kappa shape index (κ3) is 1.15. The molecule has 1 aromatic carbocycles.